The Hall–Kier alpha value is -2.69. The fraction of sp³-hybridized carbons (Fsp3) is 0.350. The third-order valence-corrected chi connectivity index (χ3v) is 4.80. The number of fused-ring (bicyclic) bond motifs is 1. The number of aryl methyl sites for hydroxylation is 2. The Balaban J connectivity index is 1.55. The molecule has 4 rings (SSSR count). The molecule has 3 aromatic rings. The van der Waals surface area contributed by atoms with E-state index >= 15 is 0 Å². The van der Waals surface area contributed by atoms with Crippen LogP contribution in [0.3, 0.4) is 0 Å². The zero-order valence-corrected chi connectivity index (χ0v) is 14.6. The molecule has 0 bridgehead atoms. The second kappa shape index (κ2) is 6.31. The molecule has 0 unspecified atom stereocenters. The molecule has 128 valence electrons. The average molecular weight is 334 g/mol. The van der Waals surface area contributed by atoms with Crippen molar-refractivity contribution in [2.24, 2.45) is 0 Å². The van der Waals surface area contributed by atoms with Gasteiger partial charge in [-0.2, -0.15) is 5.10 Å². The number of benzene rings is 1. The number of pyridine rings is 1. The van der Waals surface area contributed by atoms with Crippen molar-refractivity contribution in [3.8, 4) is 0 Å². The van der Waals surface area contributed by atoms with E-state index in [2.05, 4.69) is 28.4 Å². The Kier molecular flexibility index (Phi) is 3.99. The molecule has 5 heteroatoms. The van der Waals surface area contributed by atoms with Gasteiger partial charge in [0.2, 0.25) is 5.91 Å². The monoisotopic (exact) mass is 334 g/mol. The predicted molar refractivity (Wildman–Crippen MR) is 98.7 cm³/mol. The minimum atomic E-state index is -0.0905. The van der Waals surface area contributed by atoms with Crippen LogP contribution in [0.15, 0.2) is 36.5 Å². The molecule has 1 aliphatic rings. The van der Waals surface area contributed by atoms with Gasteiger partial charge in [0.05, 0.1) is 5.69 Å². The van der Waals surface area contributed by atoms with Crippen LogP contribution in [0.1, 0.15) is 42.5 Å². The van der Waals surface area contributed by atoms with Crippen LogP contribution in [0, 0.1) is 6.92 Å². The molecule has 1 fully saturated rings. The lowest BCUT2D eigenvalue weighted by Gasteiger charge is -2.07. The van der Waals surface area contributed by atoms with Crippen molar-refractivity contribution in [1.29, 1.82) is 0 Å². The molecular formula is C20H22N4O. The quantitative estimate of drug-likeness (QED) is 0.771. The summed E-state index contributed by atoms with van der Waals surface area (Å²) < 4.78 is 1.71. The highest BCUT2D eigenvalue weighted by molar-refractivity contribution is 5.92. The van der Waals surface area contributed by atoms with Gasteiger partial charge < -0.3 is 5.32 Å². The van der Waals surface area contributed by atoms with Crippen molar-refractivity contribution in [2.45, 2.75) is 45.6 Å². The second-order valence-electron chi connectivity index (χ2n) is 6.71. The summed E-state index contributed by atoms with van der Waals surface area (Å²) in [4.78, 5) is 16.9. The van der Waals surface area contributed by atoms with E-state index in [-0.39, 0.29) is 12.5 Å². The van der Waals surface area contributed by atoms with Crippen molar-refractivity contribution in [2.75, 3.05) is 5.32 Å². The van der Waals surface area contributed by atoms with Gasteiger partial charge in [-0.1, -0.05) is 19.1 Å². The molecule has 1 saturated carbocycles. The number of amides is 1. The normalized spacial score (nSPS) is 14.0. The van der Waals surface area contributed by atoms with Gasteiger partial charge in [0.15, 0.2) is 5.65 Å². The Bertz CT molecular complexity index is 923. The summed E-state index contributed by atoms with van der Waals surface area (Å²) in [5, 5.41) is 8.62. The SMILES string of the molecule is CCc1ccc(NC(=O)Cn2nc(C)c3c(C4CC4)ccnc32)cc1. The molecule has 1 N–H and O–H groups in total. The lowest BCUT2D eigenvalue weighted by Crippen LogP contribution is -2.19. The van der Waals surface area contributed by atoms with Gasteiger partial charge in [-0.25, -0.2) is 9.67 Å². The summed E-state index contributed by atoms with van der Waals surface area (Å²) in [6.07, 6.45) is 5.28. The van der Waals surface area contributed by atoms with Crippen molar-refractivity contribution in [3.63, 3.8) is 0 Å². The highest BCUT2D eigenvalue weighted by atomic mass is 16.2. The third-order valence-electron chi connectivity index (χ3n) is 4.80. The first kappa shape index (κ1) is 15.8. The lowest BCUT2D eigenvalue weighted by atomic mass is 10.1. The van der Waals surface area contributed by atoms with Crippen molar-refractivity contribution < 1.29 is 4.79 Å². The van der Waals surface area contributed by atoms with Crippen LogP contribution in [0.25, 0.3) is 11.0 Å². The maximum absolute atomic E-state index is 12.4. The number of carbonyl (C=O) groups is 1. The van der Waals surface area contributed by atoms with E-state index in [4.69, 9.17) is 0 Å². The number of aromatic nitrogens is 3. The topological polar surface area (TPSA) is 59.8 Å². The summed E-state index contributed by atoms with van der Waals surface area (Å²) in [5.74, 6) is 0.542. The summed E-state index contributed by atoms with van der Waals surface area (Å²) in [7, 11) is 0. The number of carbonyl (C=O) groups excluding carboxylic acids is 1. The predicted octanol–water partition coefficient (Wildman–Crippen LogP) is 3.82. The standard InChI is InChI=1S/C20H22N4O/c1-3-14-4-8-16(9-5-14)22-18(25)12-24-20-19(13(2)23-24)17(10-11-21-20)15-6-7-15/h4-5,8-11,15H,3,6-7,12H2,1-2H3,(H,22,25). The fourth-order valence-electron chi connectivity index (χ4n) is 3.32. The second-order valence-corrected chi connectivity index (χ2v) is 6.71. The molecule has 0 aliphatic heterocycles. The van der Waals surface area contributed by atoms with E-state index in [9.17, 15) is 4.79 Å². The van der Waals surface area contributed by atoms with Crippen LogP contribution < -0.4 is 5.32 Å². The molecule has 2 heterocycles. The van der Waals surface area contributed by atoms with Crippen LogP contribution in [0.5, 0.6) is 0 Å². The van der Waals surface area contributed by atoms with Gasteiger partial charge in [0.25, 0.3) is 0 Å². The van der Waals surface area contributed by atoms with Crippen LogP contribution in [-0.2, 0) is 17.8 Å². The van der Waals surface area contributed by atoms with E-state index in [1.165, 1.54) is 24.0 Å². The lowest BCUT2D eigenvalue weighted by molar-refractivity contribution is -0.116. The summed E-state index contributed by atoms with van der Waals surface area (Å²) in [6.45, 7) is 4.27. The molecule has 1 amide bonds. The molecule has 1 aromatic carbocycles. The van der Waals surface area contributed by atoms with Crippen molar-refractivity contribution in [3.05, 3.63) is 53.3 Å². The number of nitrogens with zero attached hydrogens (tertiary/aromatic N) is 3. The highest BCUT2D eigenvalue weighted by Gasteiger charge is 2.27. The zero-order chi connectivity index (χ0) is 17.4. The Labute approximate surface area is 147 Å². The molecule has 1 aliphatic carbocycles. The van der Waals surface area contributed by atoms with Crippen LogP contribution in [-0.4, -0.2) is 20.7 Å². The number of hydrogen-bond donors (Lipinski definition) is 1. The average Bonchev–Trinajstić information content (AvgIpc) is 3.41. The third kappa shape index (κ3) is 3.14. The van der Waals surface area contributed by atoms with E-state index in [0.29, 0.717) is 5.92 Å². The largest absolute Gasteiger partial charge is 0.324 e. The number of hydrogen-bond acceptors (Lipinski definition) is 3. The summed E-state index contributed by atoms with van der Waals surface area (Å²) in [6, 6.07) is 10.0. The van der Waals surface area contributed by atoms with E-state index in [0.717, 1.165) is 28.8 Å². The smallest absolute Gasteiger partial charge is 0.246 e. The van der Waals surface area contributed by atoms with Gasteiger partial charge in [0.1, 0.15) is 6.54 Å². The highest BCUT2D eigenvalue weighted by Crippen LogP contribution is 2.43. The first-order valence-electron chi connectivity index (χ1n) is 8.86. The molecule has 0 atom stereocenters. The minimum absolute atomic E-state index is 0.0905. The molecular weight excluding hydrogens is 312 g/mol. The van der Waals surface area contributed by atoms with Crippen molar-refractivity contribution in [1.82, 2.24) is 14.8 Å². The van der Waals surface area contributed by atoms with E-state index in [1.807, 2.05) is 37.4 Å². The van der Waals surface area contributed by atoms with E-state index < -0.39 is 0 Å². The Morgan fingerprint density at radius 2 is 2.00 bits per heavy atom. The molecule has 25 heavy (non-hydrogen) atoms. The first-order valence-corrected chi connectivity index (χ1v) is 8.86. The van der Waals surface area contributed by atoms with E-state index in [1.54, 1.807) is 4.68 Å². The number of nitrogens with one attached hydrogen (secondary N) is 1. The van der Waals surface area contributed by atoms with Gasteiger partial charge in [-0.05, 0) is 61.4 Å². The van der Waals surface area contributed by atoms with Crippen LogP contribution >= 0.6 is 0 Å². The zero-order valence-electron chi connectivity index (χ0n) is 14.6. The minimum Gasteiger partial charge on any atom is -0.324 e. The van der Waals surface area contributed by atoms with Gasteiger partial charge in [-0.15, -0.1) is 0 Å². The molecule has 0 radical (unpaired) electrons. The maximum atomic E-state index is 12.4. The molecule has 0 saturated heterocycles. The fourth-order valence-corrected chi connectivity index (χ4v) is 3.32. The molecule has 0 spiro atoms. The Morgan fingerprint density at radius 1 is 1.24 bits per heavy atom. The number of rotatable bonds is 5. The molecule has 5 nitrogen and oxygen atoms in total. The van der Waals surface area contributed by atoms with Crippen LogP contribution in [0.4, 0.5) is 5.69 Å². The molecule has 2 aromatic heterocycles. The first-order chi connectivity index (χ1) is 12.2. The summed E-state index contributed by atoms with van der Waals surface area (Å²) in [5.41, 5.74) is 5.14. The summed E-state index contributed by atoms with van der Waals surface area (Å²) >= 11 is 0. The van der Waals surface area contributed by atoms with Gasteiger partial charge in [0, 0.05) is 17.3 Å². The number of anilines is 1. The maximum Gasteiger partial charge on any atom is 0.246 e. The van der Waals surface area contributed by atoms with Crippen molar-refractivity contribution >= 4 is 22.6 Å². The van der Waals surface area contributed by atoms with Gasteiger partial charge >= 0.3 is 0 Å². The van der Waals surface area contributed by atoms with Gasteiger partial charge in [-0.3, -0.25) is 4.79 Å². The Morgan fingerprint density at radius 3 is 2.68 bits per heavy atom. The van der Waals surface area contributed by atoms with Crippen LogP contribution in [0.2, 0.25) is 0 Å².